The number of nitriles is 1. The fourth-order valence-electron chi connectivity index (χ4n) is 1.94. The molecule has 0 saturated heterocycles. The van der Waals surface area contributed by atoms with E-state index in [1.165, 1.54) is 0 Å². The fourth-order valence-corrected chi connectivity index (χ4v) is 1.94. The standard InChI is InChI=1S/C12H17N7/c1-4-5-14-12-10(9(2)16-18(12)3)7-19-8-15-11(6-13)17-19/h8,14H,4-5,7H2,1-3H3. The molecule has 2 aromatic heterocycles. The molecule has 0 aliphatic heterocycles. The van der Waals surface area contributed by atoms with Gasteiger partial charge in [-0.25, -0.2) is 9.67 Å². The van der Waals surface area contributed by atoms with Crippen molar-refractivity contribution in [2.75, 3.05) is 11.9 Å². The van der Waals surface area contributed by atoms with Crippen molar-refractivity contribution in [1.29, 1.82) is 5.26 Å². The van der Waals surface area contributed by atoms with Crippen LogP contribution in [0.5, 0.6) is 0 Å². The van der Waals surface area contributed by atoms with Crippen LogP contribution < -0.4 is 5.32 Å². The van der Waals surface area contributed by atoms with Gasteiger partial charge >= 0.3 is 0 Å². The van der Waals surface area contributed by atoms with Crippen LogP contribution in [0.15, 0.2) is 6.33 Å². The van der Waals surface area contributed by atoms with Gasteiger partial charge in [-0.3, -0.25) is 4.68 Å². The molecule has 0 unspecified atom stereocenters. The monoisotopic (exact) mass is 259 g/mol. The predicted molar refractivity (Wildman–Crippen MR) is 70.6 cm³/mol. The largest absolute Gasteiger partial charge is 0.370 e. The summed E-state index contributed by atoms with van der Waals surface area (Å²) in [7, 11) is 1.91. The summed E-state index contributed by atoms with van der Waals surface area (Å²) < 4.78 is 3.49. The van der Waals surface area contributed by atoms with Gasteiger partial charge in [-0.05, 0) is 13.3 Å². The van der Waals surface area contributed by atoms with Crippen LogP contribution in [0.2, 0.25) is 0 Å². The summed E-state index contributed by atoms with van der Waals surface area (Å²) in [5.74, 6) is 1.18. The van der Waals surface area contributed by atoms with E-state index < -0.39 is 0 Å². The summed E-state index contributed by atoms with van der Waals surface area (Å²) in [6, 6.07) is 1.92. The molecule has 1 N–H and O–H groups in total. The van der Waals surface area contributed by atoms with E-state index in [1.54, 1.807) is 11.0 Å². The minimum atomic E-state index is 0.185. The van der Waals surface area contributed by atoms with Gasteiger partial charge in [0, 0.05) is 19.2 Å². The smallest absolute Gasteiger partial charge is 0.252 e. The molecule has 2 heterocycles. The van der Waals surface area contributed by atoms with Gasteiger partial charge < -0.3 is 5.32 Å². The van der Waals surface area contributed by atoms with Gasteiger partial charge in [0.1, 0.15) is 18.2 Å². The minimum absolute atomic E-state index is 0.185. The zero-order chi connectivity index (χ0) is 13.8. The molecule has 0 fully saturated rings. The number of aromatic nitrogens is 5. The van der Waals surface area contributed by atoms with Gasteiger partial charge in [0.15, 0.2) is 0 Å². The summed E-state index contributed by atoms with van der Waals surface area (Å²) in [5, 5.41) is 20.6. The molecular formula is C12H17N7. The van der Waals surface area contributed by atoms with Gasteiger partial charge in [-0.15, -0.1) is 5.10 Å². The number of anilines is 1. The average Bonchev–Trinajstić information content (AvgIpc) is 2.94. The molecule has 0 amide bonds. The second-order valence-corrected chi connectivity index (χ2v) is 4.34. The first-order valence-corrected chi connectivity index (χ1v) is 6.21. The van der Waals surface area contributed by atoms with E-state index in [0.717, 1.165) is 30.0 Å². The Morgan fingerprint density at radius 2 is 2.21 bits per heavy atom. The predicted octanol–water partition coefficient (Wildman–Crippen LogP) is 1.06. The number of nitrogens with zero attached hydrogens (tertiary/aromatic N) is 6. The Bertz CT molecular complexity index is 602. The lowest BCUT2D eigenvalue weighted by Crippen LogP contribution is -2.09. The van der Waals surface area contributed by atoms with E-state index >= 15 is 0 Å². The number of nitrogens with one attached hydrogen (secondary N) is 1. The number of aryl methyl sites for hydroxylation is 2. The van der Waals surface area contributed by atoms with Gasteiger partial charge in [0.2, 0.25) is 0 Å². The molecule has 2 rings (SSSR count). The minimum Gasteiger partial charge on any atom is -0.370 e. The summed E-state index contributed by atoms with van der Waals surface area (Å²) >= 11 is 0. The van der Waals surface area contributed by atoms with Crippen LogP contribution in [0, 0.1) is 18.3 Å². The molecule has 0 aliphatic carbocycles. The Morgan fingerprint density at radius 1 is 1.42 bits per heavy atom. The second kappa shape index (κ2) is 5.52. The maximum atomic E-state index is 8.73. The lowest BCUT2D eigenvalue weighted by Gasteiger charge is -2.08. The Kier molecular flexibility index (Phi) is 3.80. The van der Waals surface area contributed by atoms with Crippen LogP contribution in [0.25, 0.3) is 0 Å². The second-order valence-electron chi connectivity index (χ2n) is 4.34. The summed E-state index contributed by atoms with van der Waals surface area (Å²) in [6.45, 7) is 5.54. The Balaban J connectivity index is 2.26. The molecule has 19 heavy (non-hydrogen) atoms. The van der Waals surface area contributed by atoms with Gasteiger partial charge in [0.05, 0.1) is 12.2 Å². The van der Waals surface area contributed by atoms with E-state index in [2.05, 4.69) is 27.4 Å². The molecule has 0 saturated carbocycles. The summed E-state index contributed by atoms with van der Waals surface area (Å²) in [4.78, 5) is 3.90. The van der Waals surface area contributed by atoms with E-state index in [9.17, 15) is 0 Å². The quantitative estimate of drug-likeness (QED) is 0.868. The van der Waals surface area contributed by atoms with Gasteiger partial charge in [0.25, 0.3) is 5.82 Å². The third-order valence-corrected chi connectivity index (χ3v) is 2.85. The SMILES string of the molecule is CCCNc1c(Cn2cnc(C#N)n2)c(C)nn1C. The van der Waals surface area contributed by atoms with Crippen LogP contribution in [0.4, 0.5) is 5.82 Å². The first kappa shape index (κ1) is 13.1. The lowest BCUT2D eigenvalue weighted by molar-refractivity contribution is 0.679. The van der Waals surface area contributed by atoms with Crippen molar-refractivity contribution in [2.45, 2.75) is 26.8 Å². The van der Waals surface area contributed by atoms with Crippen LogP contribution in [0.3, 0.4) is 0 Å². The Morgan fingerprint density at radius 3 is 2.84 bits per heavy atom. The van der Waals surface area contributed by atoms with Crippen molar-refractivity contribution in [3.63, 3.8) is 0 Å². The molecule has 0 aromatic carbocycles. The number of hydrogen-bond donors (Lipinski definition) is 1. The molecule has 2 aromatic rings. The Labute approximate surface area is 111 Å². The zero-order valence-corrected chi connectivity index (χ0v) is 11.4. The number of hydrogen-bond acceptors (Lipinski definition) is 5. The van der Waals surface area contributed by atoms with Crippen LogP contribution in [0.1, 0.15) is 30.4 Å². The van der Waals surface area contributed by atoms with E-state index in [0.29, 0.717) is 6.54 Å². The van der Waals surface area contributed by atoms with Crippen molar-refractivity contribution in [1.82, 2.24) is 24.5 Å². The highest BCUT2D eigenvalue weighted by Gasteiger charge is 2.14. The first-order chi connectivity index (χ1) is 9.15. The lowest BCUT2D eigenvalue weighted by atomic mass is 10.2. The molecule has 0 radical (unpaired) electrons. The molecular weight excluding hydrogens is 242 g/mol. The topological polar surface area (TPSA) is 84.3 Å². The number of rotatable bonds is 5. The third kappa shape index (κ3) is 2.73. The van der Waals surface area contributed by atoms with Crippen LogP contribution in [-0.2, 0) is 13.6 Å². The van der Waals surface area contributed by atoms with Gasteiger partial charge in [-0.2, -0.15) is 10.4 Å². The summed E-state index contributed by atoms with van der Waals surface area (Å²) in [6.07, 6.45) is 2.61. The maximum absolute atomic E-state index is 8.73. The molecule has 7 heteroatoms. The molecule has 0 atom stereocenters. The molecule has 0 bridgehead atoms. The van der Waals surface area contributed by atoms with E-state index in [-0.39, 0.29) is 5.82 Å². The van der Waals surface area contributed by atoms with Crippen LogP contribution in [-0.4, -0.2) is 31.1 Å². The highest BCUT2D eigenvalue weighted by molar-refractivity contribution is 5.47. The maximum Gasteiger partial charge on any atom is 0.252 e. The molecule has 0 spiro atoms. The highest BCUT2D eigenvalue weighted by Crippen LogP contribution is 2.19. The average molecular weight is 259 g/mol. The normalized spacial score (nSPS) is 10.4. The zero-order valence-electron chi connectivity index (χ0n) is 11.4. The van der Waals surface area contributed by atoms with Crippen molar-refractivity contribution in [2.24, 2.45) is 7.05 Å². The summed E-state index contributed by atoms with van der Waals surface area (Å²) in [5.41, 5.74) is 2.03. The molecule has 100 valence electrons. The fraction of sp³-hybridized carbons (Fsp3) is 0.500. The highest BCUT2D eigenvalue weighted by atomic mass is 15.3. The van der Waals surface area contributed by atoms with E-state index in [1.807, 2.05) is 24.7 Å². The molecule has 7 nitrogen and oxygen atoms in total. The van der Waals surface area contributed by atoms with Crippen molar-refractivity contribution in [3.05, 3.63) is 23.4 Å². The van der Waals surface area contributed by atoms with Crippen molar-refractivity contribution >= 4 is 5.82 Å². The Hall–Kier alpha value is -2.36. The molecule has 0 aliphatic rings. The first-order valence-electron chi connectivity index (χ1n) is 6.21. The third-order valence-electron chi connectivity index (χ3n) is 2.85. The van der Waals surface area contributed by atoms with Crippen LogP contribution >= 0.6 is 0 Å². The van der Waals surface area contributed by atoms with Gasteiger partial charge in [-0.1, -0.05) is 6.92 Å². The van der Waals surface area contributed by atoms with Crippen molar-refractivity contribution < 1.29 is 0 Å². The van der Waals surface area contributed by atoms with Crippen molar-refractivity contribution in [3.8, 4) is 6.07 Å². The van der Waals surface area contributed by atoms with E-state index in [4.69, 9.17) is 5.26 Å².